The molecule has 4 aromatic rings. The molecule has 8 fully saturated rings. The third-order valence-electron chi connectivity index (χ3n) is 20.2. The number of rotatable bonds is 13. The van der Waals surface area contributed by atoms with Gasteiger partial charge in [-0.1, -0.05) is 133 Å². The maximum Gasteiger partial charge on any atom is 0.349 e. The Kier molecular flexibility index (Phi) is 19.0. The first-order valence-corrected chi connectivity index (χ1v) is 33.7. The number of unbranched alkanes of at least 4 members (excludes halogenated alkanes) is 2. The minimum absolute atomic E-state index is 0.0638. The normalized spacial score (nSPS) is 27.1. The van der Waals surface area contributed by atoms with Crippen LogP contribution in [0.1, 0.15) is 167 Å². The van der Waals surface area contributed by atoms with Crippen molar-refractivity contribution in [1.82, 2.24) is 4.90 Å². The molecular formula is C78H89N3O15. The van der Waals surface area contributed by atoms with E-state index in [0.29, 0.717) is 42.0 Å². The highest BCUT2D eigenvalue weighted by Crippen LogP contribution is 2.61. The zero-order valence-corrected chi connectivity index (χ0v) is 57.2. The van der Waals surface area contributed by atoms with Gasteiger partial charge in [-0.25, -0.2) is 33.6 Å². The Morgan fingerprint density at radius 2 is 0.958 bits per heavy atom. The number of methoxy groups -OCH3 is 1. The molecule has 96 heavy (non-hydrogen) atoms. The third kappa shape index (κ3) is 13.3. The second kappa shape index (κ2) is 26.8. The molecule has 4 saturated heterocycles. The average Bonchev–Trinajstić information content (AvgIpc) is 1.04. The number of carbonyl (C=O) groups excluding carboxylic acids is 7. The molecule has 4 aliphatic carbocycles. The van der Waals surface area contributed by atoms with Crippen molar-refractivity contribution in [3.8, 4) is 0 Å². The van der Waals surface area contributed by atoms with Crippen molar-refractivity contribution in [2.45, 2.75) is 174 Å². The maximum atomic E-state index is 13.4. The molecule has 6 aliphatic heterocycles. The summed E-state index contributed by atoms with van der Waals surface area (Å²) in [5.41, 5.74) is 7.63. The van der Waals surface area contributed by atoms with Crippen LogP contribution in [0.5, 0.6) is 0 Å². The monoisotopic (exact) mass is 1310 g/mol. The van der Waals surface area contributed by atoms with E-state index in [-0.39, 0.29) is 50.9 Å². The van der Waals surface area contributed by atoms with Crippen LogP contribution in [-0.4, -0.2) is 90.6 Å². The number of fused-ring (bicyclic) bond motifs is 2. The van der Waals surface area contributed by atoms with Crippen LogP contribution < -0.4 is 9.80 Å². The minimum Gasteiger partial charge on any atom is -0.477 e. The lowest BCUT2D eigenvalue weighted by atomic mass is 9.53. The summed E-state index contributed by atoms with van der Waals surface area (Å²) < 4.78 is 44.0. The zero-order chi connectivity index (χ0) is 68.7. The van der Waals surface area contributed by atoms with Crippen molar-refractivity contribution in [3.05, 3.63) is 201 Å². The second-order valence-corrected chi connectivity index (χ2v) is 28.6. The number of cyclic esters (lactones) is 4. The van der Waals surface area contributed by atoms with Gasteiger partial charge in [0.1, 0.15) is 23.3 Å². The fourth-order valence-corrected chi connectivity index (χ4v) is 15.3. The van der Waals surface area contributed by atoms with E-state index in [1.54, 1.807) is 43.3 Å². The largest absolute Gasteiger partial charge is 0.477 e. The smallest absolute Gasteiger partial charge is 0.349 e. The van der Waals surface area contributed by atoms with Crippen molar-refractivity contribution < 1.29 is 71.5 Å². The van der Waals surface area contributed by atoms with E-state index in [9.17, 15) is 33.6 Å². The van der Waals surface area contributed by atoms with Gasteiger partial charge in [0.25, 0.3) is 17.4 Å². The average molecular weight is 1310 g/mol. The molecule has 0 radical (unpaired) electrons. The van der Waals surface area contributed by atoms with Gasteiger partial charge in [0.05, 0.1) is 18.2 Å². The van der Waals surface area contributed by atoms with E-state index in [2.05, 4.69) is 94.4 Å². The fourth-order valence-electron chi connectivity index (χ4n) is 15.3. The van der Waals surface area contributed by atoms with Gasteiger partial charge in [0, 0.05) is 91.4 Å². The first-order chi connectivity index (χ1) is 45.6. The van der Waals surface area contributed by atoms with Crippen molar-refractivity contribution in [2.75, 3.05) is 36.6 Å². The van der Waals surface area contributed by atoms with E-state index < -0.39 is 53.2 Å². The molecule has 0 aromatic heterocycles. The Bertz CT molecular complexity index is 3830. The molecule has 1 spiro atoms. The fraction of sp³-hybridized carbons (Fsp3) is 0.449. The van der Waals surface area contributed by atoms with Gasteiger partial charge in [-0.15, -0.1) is 0 Å². The molecule has 4 bridgehead atoms. The molecule has 10 aliphatic rings. The SMILES string of the molecule is CCCCN1/C(=C/C=C2C(=O)OC(C)(C)OC2=O)OCC1(C)C.CCCCN1/C(=C/C=C2C(=O)OC(C)(c3ccccc3)OC2=O)C(C)(C)c2ccccc21.COC(=O)c1ccc(CN2/C(=C/C=C3C(=O)OC4(OC3=O)C3CC5CC(C3)CC4C5)C(C)(C)c3ccccc32)cc1. The summed E-state index contributed by atoms with van der Waals surface area (Å²) in [4.78, 5) is 94.8. The number of para-hydroxylation sites is 2. The summed E-state index contributed by atoms with van der Waals surface area (Å²) in [6.07, 6.45) is 19.3. The summed E-state index contributed by atoms with van der Waals surface area (Å²) in [6.45, 7) is 24.5. The lowest BCUT2D eigenvalue weighted by Crippen LogP contribution is -2.63. The second-order valence-electron chi connectivity index (χ2n) is 28.6. The molecule has 18 nitrogen and oxygen atoms in total. The Labute approximate surface area is 562 Å². The van der Waals surface area contributed by atoms with Gasteiger partial charge in [-0.05, 0) is 148 Å². The number of allylic oxidation sites excluding steroid dienone is 8. The van der Waals surface area contributed by atoms with E-state index in [0.717, 1.165) is 92.7 Å². The van der Waals surface area contributed by atoms with Gasteiger partial charge < -0.3 is 52.6 Å². The van der Waals surface area contributed by atoms with Crippen molar-refractivity contribution >= 4 is 53.2 Å². The summed E-state index contributed by atoms with van der Waals surface area (Å²) >= 11 is 0. The van der Waals surface area contributed by atoms with Crippen molar-refractivity contribution in [2.24, 2.45) is 23.7 Å². The summed E-state index contributed by atoms with van der Waals surface area (Å²) in [7, 11) is 1.37. The Balaban J connectivity index is 0.000000153. The van der Waals surface area contributed by atoms with Gasteiger partial charge in [-0.3, -0.25) is 0 Å². The molecule has 18 heteroatoms. The predicted molar refractivity (Wildman–Crippen MR) is 359 cm³/mol. The lowest BCUT2D eigenvalue weighted by molar-refractivity contribution is -0.313. The van der Waals surface area contributed by atoms with Crippen LogP contribution in [0.3, 0.4) is 0 Å². The topological polar surface area (TPSA) is 203 Å². The van der Waals surface area contributed by atoms with E-state index in [1.807, 2.05) is 66.7 Å². The van der Waals surface area contributed by atoms with Crippen LogP contribution in [0, 0.1) is 23.7 Å². The number of benzene rings is 4. The Morgan fingerprint density at radius 1 is 0.510 bits per heavy atom. The van der Waals surface area contributed by atoms with E-state index in [1.165, 1.54) is 50.8 Å². The van der Waals surface area contributed by atoms with Crippen LogP contribution in [0.2, 0.25) is 0 Å². The number of carbonyl (C=O) groups is 7. The molecule has 6 heterocycles. The van der Waals surface area contributed by atoms with Gasteiger partial charge >= 0.3 is 41.8 Å². The first kappa shape index (κ1) is 68.2. The number of ether oxygens (including phenoxy) is 8. The molecular weight excluding hydrogens is 1220 g/mol. The van der Waals surface area contributed by atoms with Crippen LogP contribution in [0.25, 0.3) is 0 Å². The summed E-state index contributed by atoms with van der Waals surface area (Å²) in [5, 5.41) is 0. The highest BCUT2D eigenvalue weighted by Gasteiger charge is 2.64. The highest BCUT2D eigenvalue weighted by atomic mass is 16.8. The minimum atomic E-state index is -1.43. The first-order valence-electron chi connectivity index (χ1n) is 33.7. The number of anilines is 2. The summed E-state index contributed by atoms with van der Waals surface area (Å²) in [5.74, 6) is -5.81. The number of hydrogen-bond donors (Lipinski definition) is 0. The maximum absolute atomic E-state index is 13.4. The predicted octanol–water partition coefficient (Wildman–Crippen LogP) is 13.7. The summed E-state index contributed by atoms with van der Waals surface area (Å²) in [6, 6.07) is 32.9. The molecule has 506 valence electrons. The van der Waals surface area contributed by atoms with Crippen LogP contribution in [-0.2, 0) is 89.8 Å². The van der Waals surface area contributed by atoms with Crippen molar-refractivity contribution in [3.63, 3.8) is 0 Å². The Hall–Kier alpha value is -9.19. The van der Waals surface area contributed by atoms with Gasteiger partial charge in [0.2, 0.25) is 0 Å². The molecule has 4 aromatic carbocycles. The lowest BCUT2D eigenvalue weighted by Gasteiger charge is -2.59. The van der Waals surface area contributed by atoms with E-state index >= 15 is 0 Å². The Morgan fingerprint density at radius 3 is 1.47 bits per heavy atom. The third-order valence-corrected chi connectivity index (χ3v) is 20.2. The molecule has 0 unspecified atom stereocenters. The van der Waals surface area contributed by atoms with Crippen LogP contribution in [0.4, 0.5) is 11.4 Å². The molecule has 4 saturated carbocycles. The van der Waals surface area contributed by atoms with Gasteiger partial charge in [-0.2, -0.15) is 0 Å². The van der Waals surface area contributed by atoms with E-state index in [4.69, 9.17) is 37.9 Å². The molecule has 0 amide bonds. The van der Waals surface area contributed by atoms with Crippen LogP contribution >= 0.6 is 0 Å². The standard InChI is InChI=1S/C34H35NO6.C27H29NO4.C17H25NO5/c1-33(2)27-6-4-5-7-28(27)35(19-20-8-10-23(11-9-20)30(36)39-3)29(33)13-12-26-31(37)40-34(41-32(26)38)24-15-21-14-22(17-24)18-25(34)16-21;1-5-6-18-28-22-15-11-10-14-21(22)26(2,3)23(28)17-16-20-24(29)31-27(4,32-25(20)30)19-12-8-7-9-13-19;1-6-7-10-18-13(21-11-16(18,2)3)9-8-12-14(19)22-17(4,5)23-15(12)20/h4-13,21-22,24-25H,14-19H2,1-3H3;7-17H,5-6,18H2,1-4H3;8-9H,6-7,10-11H2,1-5H3/b26-12?,29-13+;20-16?,23-17+;13-9-. The number of nitrogens with zero attached hydrogens (tertiary/aromatic N) is 3. The quantitative estimate of drug-likeness (QED) is 0.0528. The molecule has 0 N–H and O–H groups in total. The number of hydrogen-bond acceptors (Lipinski definition) is 18. The van der Waals surface area contributed by atoms with Crippen LogP contribution in [0.15, 0.2) is 174 Å². The number of esters is 7. The highest BCUT2D eigenvalue weighted by molar-refractivity contribution is 6.17. The van der Waals surface area contributed by atoms with Gasteiger partial charge in [0.15, 0.2) is 5.88 Å². The van der Waals surface area contributed by atoms with Crippen molar-refractivity contribution in [1.29, 1.82) is 0 Å². The molecule has 14 rings (SSSR count). The zero-order valence-electron chi connectivity index (χ0n) is 57.2. The molecule has 0 atom stereocenters.